The van der Waals surface area contributed by atoms with Crippen molar-refractivity contribution in [3.8, 4) is 0 Å². The molecule has 0 aliphatic carbocycles. The summed E-state index contributed by atoms with van der Waals surface area (Å²) in [6, 6.07) is 3.37. The van der Waals surface area contributed by atoms with Crippen molar-refractivity contribution in [2.24, 2.45) is 0 Å². The van der Waals surface area contributed by atoms with Crippen LogP contribution in [0.1, 0.15) is 13.8 Å². The number of likely N-dealkylation sites (N-methyl/N-ethyl adjacent to an activating group) is 2. The van der Waals surface area contributed by atoms with E-state index in [0.29, 0.717) is 6.54 Å². The zero-order chi connectivity index (χ0) is 15.5. The van der Waals surface area contributed by atoms with Gasteiger partial charge in [0.1, 0.15) is 10.7 Å². The summed E-state index contributed by atoms with van der Waals surface area (Å²) >= 11 is 0. The highest BCUT2D eigenvalue weighted by Crippen LogP contribution is 2.23. The number of halogens is 1. The number of benzene rings is 1. The molecule has 1 aromatic carbocycles. The van der Waals surface area contributed by atoms with Gasteiger partial charge < -0.3 is 10.6 Å². The zero-order valence-corrected chi connectivity index (χ0v) is 13.1. The van der Waals surface area contributed by atoms with Gasteiger partial charge in [0.05, 0.1) is 0 Å². The number of anilines is 1. The minimum Gasteiger partial charge on any atom is -0.399 e. The number of nitrogens with two attached hydrogens (primary N) is 1. The second-order valence-electron chi connectivity index (χ2n) is 5.01. The third-order valence-corrected chi connectivity index (χ3v) is 5.10. The van der Waals surface area contributed by atoms with Gasteiger partial charge in [0.25, 0.3) is 0 Å². The van der Waals surface area contributed by atoms with Gasteiger partial charge in [-0.3, -0.25) is 0 Å². The first-order chi connectivity index (χ1) is 9.20. The lowest BCUT2D eigenvalue weighted by Crippen LogP contribution is -2.43. The summed E-state index contributed by atoms with van der Waals surface area (Å²) in [5.74, 6) is -0.819. The van der Waals surface area contributed by atoms with Crippen LogP contribution in [0.15, 0.2) is 23.1 Å². The smallest absolute Gasteiger partial charge is 0.246 e. The highest BCUT2D eigenvalue weighted by atomic mass is 32.2. The normalized spacial score (nSPS) is 13.9. The van der Waals surface area contributed by atoms with Gasteiger partial charge in [0.2, 0.25) is 10.0 Å². The van der Waals surface area contributed by atoms with Crippen LogP contribution < -0.4 is 5.73 Å². The van der Waals surface area contributed by atoms with Crippen molar-refractivity contribution in [3.63, 3.8) is 0 Å². The minimum atomic E-state index is -3.87. The van der Waals surface area contributed by atoms with Gasteiger partial charge in [0.15, 0.2) is 0 Å². The third-order valence-electron chi connectivity index (χ3n) is 2.98. The lowest BCUT2D eigenvalue weighted by Gasteiger charge is -2.29. The summed E-state index contributed by atoms with van der Waals surface area (Å²) in [5, 5.41) is 0. The molecule has 0 aromatic heterocycles. The second kappa shape index (κ2) is 6.51. The second-order valence-corrected chi connectivity index (χ2v) is 6.87. The van der Waals surface area contributed by atoms with Crippen molar-refractivity contribution in [3.05, 3.63) is 24.0 Å². The predicted molar refractivity (Wildman–Crippen MR) is 78.4 cm³/mol. The van der Waals surface area contributed by atoms with Crippen LogP contribution in [0.25, 0.3) is 0 Å². The highest BCUT2D eigenvalue weighted by molar-refractivity contribution is 7.89. The van der Waals surface area contributed by atoms with E-state index in [9.17, 15) is 12.8 Å². The largest absolute Gasteiger partial charge is 0.399 e. The van der Waals surface area contributed by atoms with Gasteiger partial charge in [-0.1, -0.05) is 6.92 Å². The van der Waals surface area contributed by atoms with Gasteiger partial charge in [-0.05, 0) is 39.2 Å². The Balaban J connectivity index is 3.18. The van der Waals surface area contributed by atoms with Gasteiger partial charge in [-0.25, -0.2) is 12.8 Å². The molecule has 0 spiro atoms. The zero-order valence-electron chi connectivity index (χ0n) is 12.3. The Morgan fingerprint density at radius 2 is 1.95 bits per heavy atom. The molecule has 7 heteroatoms. The van der Waals surface area contributed by atoms with Crippen molar-refractivity contribution < 1.29 is 12.8 Å². The number of sulfonamides is 1. The maximum Gasteiger partial charge on any atom is 0.246 e. The van der Waals surface area contributed by atoms with E-state index in [0.717, 1.165) is 6.07 Å². The Bertz CT molecular complexity index is 561. The van der Waals surface area contributed by atoms with Gasteiger partial charge >= 0.3 is 0 Å². The summed E-state index contributed by atoms with van der Waals surface area (Å²) in [4.78, 5) is 1.56. The topological polar surface area (TPSA) is 66.6 Å². The molecule has 0 heterocycles. The fourth-order valence-corrected chi connectivity index (χ4v) is 3.87. The van der Waals surface area contributed by atoms with E-state index >= 15 is 0 Å². The first kappa shape index (κ1) is 16.9. The van der Waals surface area contributed by atoms with E-state index in [4.69, 9.17) is 5.73 Å². The number of rotatable bonds is 6. The molecular weight excluding hydrogens is 281 g/mol. The van der Waals surface area contributed by atoms with Crippen molar-refractivity contribution in [2.45, 2.75) is 24.8 Å². The van der Waals surface area contributed by atoms with Crippen molar-refractivity contribution in [2.75, 3.05) is 32.9 Å². The molecule has 0 saturated heterocycles. The molecule has 20 heavy (non-hydrogen) atoms. The van der Waals surface area contributed by atoms with Crippen LogP contribution in [0.3, 0.4) is 0 Å². The standard InChI is InChI=1S/C13H22FN3O2S/c1-5-17(10(2)9-16(3)4)20(18,19)13-7-6-11(15)8-12(13)14/h6-8,10H,5,9,15H2,1-4H3. The van der Waals surface area contributed by atoms with Crippen molar-refractivity contribution in [1.29, 1.82) is 0 Å². The molecule has 1 rings (SSSR count). The Morgan fingerprint density at radius 1 is 1.35 bits per heavy atom. The highest BCUT2D eigenvalue weighted by Gasteiger charge is 2.30. The molecule has 114 valence electrons. The van der Waals surface area contributed by atoms with E-state index < -0.39 is 15.8 Å². The molecule has 0 bridgehead atoms. The Morgan fingerprint density at radius 3 is 2.40 bits per heavy atom. The summed E-state index contributed by atoms with van der Waals surface area (Å²) < 4.78 is 40.3. The van der Waals surface area contributed by atoms with Crippen LogP contribution >= 0.6 is 0 Å². The van der Waals surface area contributed by atoms with Gasteiger partial charge in [-0.15, -0.1) is 0 Å². The van der Waals surface area contributed by atoms with E-state index in [1.165, 1.54) is 16.4 Å². The van der Waals surface area contributed by atoms with Gasteiger partial charge in [0, 0.05) is 24.8 Å². The summed E-state index contributed by atoms with van der Waals surface area (Å²) in [7, 11) is -0.144. The fourth-order valence-electron chi connectivity index (χ4n) is 2.19. The van der Waals surface area contributed by atoms with E-state index in [-0.39, 0.29) is 23.2 Å². The van der Waals surface area contributed by atoms with Crippen LogP contribution in [0.5, 0.6) is 0 Å². The number of hydrogen-bond donors (Lipinski definition) is 1. The maximum absolute atomic E-state index is 13.9. The average molecular weight is 303 g/mol. The van der Waals surface area contributed by atoms with Crippen molar-refractivity contribution in [1.82, 2.24) is 9.21 Å². The van der Waals surface area contributed by atoms with Crippen LogP contribution in [-0.4, -0.2) is 50.8 Å². The number of nitrogen functional groups attached to an aromatic ring is 1. The Kier molecular flexibility index (Phi) is 5.50. The van der Waals surface area contributed by atoms with Crippen molar-refractivity contribution >= 4 is 15.7 Å². The maximum atomic E-state index is 13.9. The van der Waals surface area contributed by atoms with Crippen LogP contribution in [-0.2, 0) is 10.0 Å². The van der Waals surface area contributed by atoms with Crippen LogP contribution in [0, 0.1) is 5.82 Å². The average Bonchev–Trinajstić information content (AvgIpc) is 2.27. The minimum absolute atomic E-state index is 0.200. The molecule has 0 aliphatic heterocycles. The van der Waals surface area contributed by atoms with E-state index in [1.807, 2.05) is 19.0 Å². The molecule has 5 nitrogen and oxygen atoms in total. The fraction of sp³-hybridized carbons (Fsp3) is 0.538. The first-order valence-corrected chi connectivity index (χ1v) is 7.85. The summed E-state index contributed by atoms with van der Waals surface area (Å²) in [5.41, 5.74) is 5.65. The lowest BCUT2D eigenvalue weighted by molar-refractivity contribution is 0.271. The van der Waals surface area contributed by atoms with Gasteiger partial charge in [-0.2, -0.15) is 4.31 Å². The van der Waals surface area contributed by atoms with E-state index in [2.05, 4.69) is 0 Å². The van der Waals surface area contributed by atoms with Crippen LogP contribution in [0.2, 0.25) is 0 Å². The predicted octanol–water partition coefficient (Wildman–Crippen LogP) is 1.37. The number of hydrogen-bond acceptors (Lipinski definition) is 4. The summed E-state index contributed by atoms with van der Waals surface area (Å²) in [6.07, 6.45) is 0. The molecule has 0 radical (unpaired) electrons. The third kappa shape index (κ3) is 3.68. The van der Waals surface area contributed by atoms with Crippen LogP contribution in [0.4, 0.5) is 10.1 Å². The van der Waals surface area contributed by atoms with E-state index in [1.54, 1.807) is 13.8 Å². The SMILES string of the molecule is CCN(C(C)CN(C)C)S(=O)(=O)c1ccc(N)cc1F. The Labute approximate surface area is 120 Å². The molecule has 0 fully saturated rings. The molecule has 0 saturated carbocycles. The molecule has 1 aromatic rings. The quantitative estimate of drug-likeness (QED) is 0.806. The monoisotopic (exact) mass is 303 g/mol. The first-order valence-electron chi connectivity index (χ1n) is 6.41. The molecule has 0 amide bonds. The summed E-state index contributed by atoms with van der Waals surface area (Å²) in [6.45, 7) is 4.37. The molecule has 1 atom stereocenters. The molecule has 1 unspecified atom stereocenters. The Hall–Kier alpha value is -1.18. The molecular formula is C13H22FN3O2S. The molecule has 0 aliphatic rings. The lowest BCUT2D eigenvalue weighted by atomic mass is 10.3. The molecule has 2 N–H and O–H groups in total. The number of nitrogens with zero attached hydrogens (tertiary/aromatic N) is 2.